The molecule has 19 heavy (non-hydrogen) atoms. The second-order valence-corrected chi connectivity index (χ2v) is 4.90. The number of rotatable bonds is 4. The highest BCUT2D eigenvalue weighted by Crippen LogP contribution is 2.27. The predicted octanol–water partition coefficient (Wildman–Crippen LogP) is 1.61. The minimum Gasteiger partial charge on any atom is -0.399 e. The molecule has 1 aromatic rings. The molecule has 2 atom stereocenters. The first kappa shape index (κ1) is 13.7. The van der Waals surface area contributed by atoms with Crippen molar-refractivity contribution < 1.29 is 9.53 Å². The molecule has 2 unspecified atom stereocenters. The van der Waals surface area contributed by atoms with Gasteiger partial charge in [-0.3, -0.25) is 4.79 Å². The molecule has 104 valence electrons. The average molecular weight is 263 g/mol. The number of carbonyl (C=O) groups excluding carboxylic acids is 1. The number of ether oxygens (including phenoxy) is 1. The van der Waals surface area contributed by atoms with Gasteiger partial charge in [-0.1, -0.05) is 0 Å². The second kappa shape index (κ2) is 5.93. The predicted molar refractivity (Wildman–Crippen MR) is 76.3 cm³/mol. The molecule has 5 heteroatoms. The van der Waals surface area contributed by atoms with Gasteiger partial charge in [0.05, 0.1) is 11.7 Å². The van der Waals surface area contributed by atoms with Crippen LogP contribution in [0, 0.1) is 0 Å². The van der Waals surface area contributed by atoms with Crippen LogP contribution in [0.5, 0.6) is 0 Å². The zero-order valence-electron chi connectivity index (χ0n) is 11.4. The van der Waals surface area contributed by atoms with Crippen LogP contribution in [-0.4, -0.2) is 32.2 Å². The quantitative estimate of drug-likeness (QED) is 0.721. The monoisotopic (exact) mass is 263 g/mol. The van der Waals surface area contributed by atoms with Gasteiger partial charge in [0, 0.05) is 31.6 Å². The molecule has 5 nitrogen and oxygen atoms in total. The maximum absolute atomic E-state index is 11.8. The molecule has 0 radical (unpaired) electrons. The molecular formula is C14H21N3O2. The minimum atomic E-state index is -0.108. The molecule has 0 aliphatic heterocycles. The molecule has 0 aromatic heterocycles. The first-order valence-electron chi connectivity index (χ1n) is 6.55. The van der Waals surface area contributed by atoms with Crippen LogP contribution in [-0.2, 0) is 4.74 Å². The van der Waals surface area contributed by atoms with Crippen LogP contribution in [0.25, 0.3) is 0 Å². The molecule has 1 fully saturated rings. The Morgan fingerprint density at radius 2 is 2.21 bits per heavy atom. The Bertz CT molecular complexity index is 462. The van der Waals surface area contributed by atoms with Crippen LogP contribution in [0.4, 0.5) is 11.4 Å². The normalized spacial score (nSPS) is 22.2. The SMILES string of the molecule is CNC(=O)c1ccc(N)cc1NC1CCC(OC)C1. The van der Waals surface area contributed by atoms with Gasteiger partial charge in [0.2, 0.25) is 0 Å². The highest BCUT2D eigenvalue weighted by Gasteiger charge is 2.25. The number of nitrogens with two attached hydrogens (primary N) is 1. The molecule has 1 aromatic carbocycles. The number of nitrogen functional groups attached to an aromatic ring is 1. The van der Waals surface area contributed by atoms with Crippen molar-refractivity contribution in [1.29, 1.82) is 0 Å². The largest absolute Gasteiger partial charge is 0.399 e. The van der Waals surface area contributed by atoms with Crippen molar-refractivity contribution in [2.75, 3.05) is 25.2 Å². The first-order chi connectivity index (χ1) is 9.13. The van der Waals surface area contributed by atoms with Gasteiger partial charge in [-0.15, -0.1) is 0 Å². The summed E-state index contributed by atoms with van der Waals surface area (Å²) in [4.78, 5) is 11.8. The maximum atomic E-state index is 11.8. The van der Waals surface area contributed by atoms with E-state index < -0.39 is 0 Å². The number of nitrogens with one attached hydrogen (secondary N) is 2. The van der Waals surface area contributed by atoms with Gasteiger partial charge in [-0.05, 0) is 37.5 Å². The topological polar surface area (TPSA) is 76.4 Å². The summed E-state index contributed by atoms with van der Waals surface area (Å²) < 4.78 is 5.36. The molecule has 4 N–H and O–H groups in total. The van der Waals surface area contributed by atoms with E-state index in [0.29, 0.717) is 23.4 Å². The zero-order chi connectivity index (χ0) is 13.8. The summed E-state index contributed by atoms with van der Waals surface area (Å²) in [5.41, 5.74) is 7.87. The van der Waals surface area contributed by atoms with Gasteiger partial charge < -0.3 is 21.1 Å². The summed E-state index contributed by atoms with van der Waals surface area (Å²) in [6, 6.07) is 5.63. The third-order valence-electron chi connectivity index (χ3n) is 3.59. The van der Waals surface area contributed by atoms with E-state index in [0.717, 1.165) is 24.9 Å². The lowest BCUT2D eigenvalue weighted by atomic mass is 10.1. The van der Waals surface area contributed by atoms with Gasteiger partial charge in [-0.2, -0.15) is 0 Å². The fourth-order valence-electron chi connectivity index (χ4n) is 2.52. The third-order valence-corrected chi connectivity index (χ3v) is 3.59. The lowest BCUT2D eigenvalue weighted by molar-refractivity contribution is 0.0964. The molecule has 1 amide bonds. The van der Waals surface area contributed by atoms with Gasteiger partial charge >= 0.3 is 0 Å². The van der Waals surface area contributed by atoms with Crippen molar-refractivity contribution >= 4 is 17.3 Å². The summed E-state index contributed by atoms with van der Waals surface area (Å²) >= 11 is 0. The molecule has 1 aliphatic rings. The van der Waals surface area contributed by atoms with E-state index in [2.05, 4.69) is 10.6 Å². The molecule has 0 saturated heterocycles. The van der Waals surface area contributed by atoms with E-state index in [1.807, 2.05) is 6.07 Å². The minimum absolute atomic E-state index is 0.108. The van der Waals surface area contributed by atoms with Crippen molar-refractivity contribution in [2.24, 2.45) is 0 Å². The molecule has 0 spiro atoms. The van der Waals surface area contributed by atoms with Gasteiger partial charge in [0.1, 0.15) is 0 Å². The smallest absolute Gasteiger partial charge is 0.253 e. The number of carbonyl (C=O) groups is 1. The summed E-state index contributed by atoms with van der Waals surface area (Å²) in [6.07, 6.45) is 3.35. The molecule has 2 rings (SSSR count). The van der Waals surface area contributed by atoms with Crippen LogP contribution in [0.1, 0.15) is 29.6 Å². The highest BCUT2D eigenvalue weighted by molar-refractivity contribution is 6.00. The molecule has 1 aliphatic carbocycles. The molecular weight excluding hydrogens is 242 g/mol. The van der Waals surface area contributed by atoms with E-state index in [4.69, 9.17) is 10.5 Å². The standard InChI is InChI=1S/C14H21N3O2/c1-16-14(18)12-6-3-9(15)7-13(12)17-10-4-5-11(8-10)19-2/h3,6-7,10-11,17H,4-5,8,15H2,1-2H3,(H,16,18). The van der Waals surface area contributed by atoms with Crippen LogP contribution >= 0.6 is 0 Å². The van der Waals surface area contributed by atoms with E-state index in [1.54, 1.807) is 26.3 Å². The number of methoxy groups -OCH3 is 1. The van der Waals surface area contributed by atoms with Crippen LogP contribution in [0.3, 0.4) is 0 Å². The van der Waals surface area contributed by atoms with Crippen molar-refractivity contribution in [3.8, 4) is 0 Å². The number of benzene rings is 1. The molecule has 1 saturated carbocycles. The average Bonchev–Trinajstić information content (AvgIpc) is 2.86. The Hall–Kier alpha value is -1.75. The number of hydrogen-bond acceptors (Lipinski definition) is 4. The second-order valence-electron chi connectivity index (χ2n) is 4.90. The number of amides is 1. The van der Waals surface area contributed by atoms with Crippen molar-refractivity contribution in [3.05, 3.63) is 23.8 Å². The Labute approximate surface area is 113 Å². The van der Waals surface area contributed by atoms with Crippen LogP contribution in [0.2, 0.25) is 0 Å². The van der Waals surface area contributed by atoms with Crippen LogP contribution in [0.15, 0.2) is 18.2 Å². The Morgan fingerprint density at radius 1 is 1.42 bits per heavy atom. The zero-order valence-corrected chi connectivity index (χ0v) is 11.4. The lowest BCUT2D eigenvalue weighted by Gasteiger charge is -2.17. The molecule has 0 heterocycles. The highest BCUT2D eigenvalue weighted by atomic mass is 16.5. The summed E-state index contributed by atoms with van der Waals surface area (Å²) in [6.45, 7) is 0. The van der Waals surface area contributed by atoms with Crippen LogP contribution < -0.4 is 16.4 Å². The Balaban J connectivity index is 2.14. The fourth-order valence-corrected chi connectivity index (χ4v) is 2.52. The van der Waals surface area contributed by atoms with E-state index >= 15 is 0 Å². The fraction of sp³-hybridized carbons (Fsp3) is 0.500. The van der Waals surface area contributed by atoms with E-state index in [9.17, 15) is 4.79 Å². The summed E-state index contributed by atoms with van der Waals surface area (Å²) in [5, 5.41) is 6.05. The Kier molecular flexibility index (Phi) is 4.27. The summed E-state index contributed by atoms with van der Waals surface area (Å²) in [5.74, 6) is -0.108. The van der Waals surface area contributed by atoms with Crippen molar-refractivity contribution in [1.82, 2.24) is 5.32 Å². The maximum Gasteiger partial charge on any atom is 0.253 e. The summed E-state index contributed by atoms with van der Waals surface area (Å²) in [7, 11) is 3.36. The Morgan fingerprint density at radius 3 is 2.84 bits per heavy atom. The number of hydrogen-bond donors (Lipinski definition) is 3. The molecule has 0 bridgehead atoms. The van der Waals surface area contributed by atoms with Gasteiger partial charge in [0.15, 0.2) is 0 Å². The van der Waals surface area contributed by atoms with Crippen molar-refractivity contribution in [2.45, 2.75) is 31.4 Å². The first-order valence-corrected chi connectivity index (χ1v) is 6.55. The third kappa shape index (κ3) is 3.17. The lowest BCUT2D eigenvalue weighted by Crippen LogP contribution is -2.23. The number of anilines is 2. The van der Waals surface area contributed by atoms with Gasteiger partial charge in [-0.25, -0.2) is 0 Å². The van der Waals surface area contributed by atoms with E-state index in [-0.39, 0.29) is 5.91 Å². The van der Waals surface area contributed by atoms with Gasteiger partial charge in [0.25, 0.3) is 5.91 Å². The van der Waals surface area contributed by atoms with Crippen molar-refractivity contribution in [3.63, 3.8) is 0 Å². The van der Waals surface area contributed by atoms with E-state index in [1.165, 1.54) is 0 Å².